The molecule has 2 aromatic carbocycles. The maximum atomic E-state index is 14.5. The SMILES string of the molecule is C[C@H](NC(=O)c1c(CN2CCNCC2)c(-c2ccccc2)nc2ccc(F)cc12)C1CCCCC1. The summed E-state index contributed by atoms with van der Waals surface area (Å²) in [6.45, 7) is 6.34. The van der Waals surface area contributed by atoms with Gasteiger partial charge in [0.15, 0.2) is 0 Å². The van der Waals surface area contributed by atoms with Gasteiger partial charge in [-0.3, -0.25) is 9.69 Å². The number of carbonyl (C=O) groups is 1. The molecule has 1 aromatic heterocycles. The lowest BCUT2D eigenvalue weighted by Crippen LogP contribution is -2.43. The Kier molecular flexibility index (Phi) is 7.40. The Bertz CT molecular complexity index is 1170. The molecule has 3 aromatic rings. The Labute approximate surface area is 207 Å². The standard InChI is InChI=1S/C29H35FN4O/c1-20(21-8-4-2-5-9-21)32-29(35)27-24-18-23(30)12-13-26(24)33-28(22-10-6-3-7-11-22)25(27)19-34-16-14-31-15-17-34/h3,6-7,10-13,18,20-21,31H,2,4-5,8-9,14-17,19H2,1H3,(H,32,35)/t20-/m0/s1. The van der Waals surface area contributed by atoms with Gasteiger partial charge in [0.05, 0.1) is 16.8 Å². The molecular weight excluding hydrogens is 439 g/mol. The van der Waals surface area contributed by atoms with E-state index in [1.54, 1.807) is 6.07 Å². The van der Waals surface area contributed by atoms with Crippen molar-refractivity contribution in [1.29, 1.82) is 0 Å². The molecule has 2 fully saturated rings. The van der Waals surface area contributed by atoms with Crippen molar-refractivity contribution in [1.82, 2.24) is 20.5 Å². The molecule has 2 N–H and O–H groups in total. The van der Waals surface area contributed by atoms with E-state index >= 15 is 0 Å². The molecule has 1 amide bonds. The maximum absolute atomic E-state index is 14.5. The van der Waals surface area contributed by atoms with Crippen molar-refractivity contribution < 1.29 is 9.18 Å². The van der Waals surface area contributed by atoms with Crippen LogP contribution in [-0.4, -0.2) is 48.0 Å². The molecule has 1 aliphatic heterocycles. The number of benzene rings is 2. The van der Waals surface area contributed by atoms with Gasteiger partial charge in [-0.2, -0.15) is 0 Å². The predicted molar refractivity (Wildman–Crippen MR) is 139 cm³/mol. The van der Waals surface area contributed by atoms with E-state index in [0.717, 1.165) is 55.8 Å². The smallest absolute Gasteiger partial charge is 0.252 e. The monoisotopic (exact) mass is 474 g/mol. The van der Waals surface area contributed by atoms with E-state index in [9.17, 15) is 9.18 Å². The normalized spacial score (nSPS) is 18.5. The highest BCUT2D eigenvalue weighted by molar-refractivity contribution is 6.09. The summed E-state index contributed by atoms with van der Waals surface area (Å²) in [6, 6.07) is 14.7. The van der Waals surface area contributed by atoms with E-state index in [1.165, 1.54) is 31.4 Å². The zero-order valence-corrected chi connectivity index (χ0v) is 20.5. The summed E-state index contributed by atoms with van der Waals surface area (Å²) in [5.74, 6) is 0.0143. The number of piperazine rings is 1. The molecule has 1 saturated carbocycles. The zero-order valence-electron chi connectivity index (χ0n) is 20.5. The molecule has 5 nitrogen and oxygen atoms in total. The lowest BCUT2D eigenvalue weighted by atomic mass is 9.84. The number of aromatic nitrogens is 1. The minimum atomic E-state index is -0.353. The molecule has 0 unspecified atom stereocenters. The first kappa shape index (κ1) is 23.9. The lowest BCUT2D eigenvalue weighted by Gasteiger charge is -2.30. The molecule has 5 rings (SSSR count). The topological polar surface area (TPSA) is 57.3 Å². The first-order valence-corrected chi connectivity index (χ1v) is 13.0. The van der Waals surface area contributed by atoms with E-state index < -0.39 is 0 Å². The van der Waals surface area contributed by atoms with E-state index in [-0.39, 0.29) is 17.8 Å². The number of hydrogen-bond acceptors (Lipinski definition) is 4. The number of nitrogens with zero attached hydrogens (tertiary/aromatic N) is 2. The second-order valence-electron chi connectivity index (χ2n) is 10.0. The number of rotatable bonds is 6. The van der Waals surface area contributed by atoms with Crippen molar-refractivity contribution in [3.05, 3.63) is 65.5 Å². The van der Waals surface area contributed by atoms with Crippen LogP contribution in [0.4, 0.5) is 4.39 Å². The van der Waals surface area contributed by atoms with Gasteiger partial charge in [-0.25, -0.2) is 9.37 Å². The predicted octanol–water partition coefficient (Wildman–Crippen LogP) is 5.14. The lowest BCUT2D eigenvalue weighted by molar-refractivity contribution is 0.0918. The fraction of sp³-hybridized carbons (Fsp3) is 0.448. The molecule has 2 heterocycles. The molecule has 1 saturated heterocycles. The summed E-state index contributed by atoms with van der Waals surface area (Å²) in [4.78, 5) is 21.3. The molecule has 0 spiro atoms. The Morgan fingerprint density at radius 1 is 1.11 bits per heavy atom. The number of pyridine rings is 1. The quantitative estimate of drug-likeness (QED) is 0.519. The number of fused-ring (bicyclic) bond motifs is 1. The van der Waals surface area contributed by atoms with Gasteiger partial charge in [0.25, 0.3) is 5.91 Å². The fourth-order valence-electron chi connectivity index (χ4n) is 5.65. The highest BCUT2D eigenvalue weighted by atomic mass is 19.1. The number of nitrogens with one attached hydrogen (secondary N) is 2. The van der Waals surface area contributed by atoms with Crippen LogP contribution in [0.3, 0.4) is 0 Å². The largest absolute Gasteiger partial charge is 0.349 e. The van der Waals surface area contributed by atoms with Crippen molar-refractivity contribution in [2.45, 2.75) is 51.6 Å². The number of hydrogen-bond donors (Lipinski definition) is 2. The molecule has 1 atom stereocenters. The van der Waals surface area contributed by atoms with Crippen molar-refractivity contribution in [2.24, 2.45) is 5.92 Å². The molecule has 6 heteroatoms. The van der Waals surface area contributed by atoms with Crippen LogP contribution in [0.25, 0.3) is 22.2 Å². The summed E-state index contributed by atoms with van der Waals surface area (Å²) in [5.41, 5.74) is 3.86. The Balaban J connectivity index is 1.62. The van der Waals surface area contributed by atoms with Gasteiger partial charge in [0.2, 0.25) is 0 Å². The minimum absolute atomic E-state index is 0.0757. The van der Waals surface area contributed by atoms with Crippen LogP contribution < -0.4 is 10.6 Å². The fourth-order valence-corrected chi connectivity index (χ4v) is 5.65. The van der Waals surface area contributed by atoms with Gasteiger partial charge in [-0.1, -0.05) is 49.6 Å². The molecule has 184 valence electrons. The second kappa shape index (κ2) is 10.8. The Morgan fingerprint density at radius 2 is 1.86 bits per heavy atom. The van der Waals surface area contributed by atoms with Crippen molar-refractivity contribution >= 4 is 16.8 Å². The summed E-state index contributed by atoms with van der Waals surface area (Å²) < 4.78 is 14.5. The first-order chi connectivity index (χ1) is 17.1. The van der Waals surface area contributed by atoms with Gasteiger partial charge >= 0.3 is 0 Å². The van der Waals surface area contributed by atoms with E-state index in [1.807, 2.05) is 30.3 Å². The van der Waals surface area contributed by atoms with Gasteiger partial charge in [0, 0.05) is 55.3 Å². The van der Waals surface area contributed by atoms with Crippen molar-refractivity contribution in [2.75, 3.05) is 26.2 Å². The average molecular weight is 475 g/mol. The van der Waals surface area contributed by atoms with E-state index in [4.69, 9.17) is 4.98 Å². The maximum Gasteiger partial charge on any atom is 0.252 e. The second-order valence-corrected chi connectivity index (χ2v) is 10.0. The average Bonchev–Trinajstić information content (AvgIpc) is 2.90. The summed E-state index contributed by atoms with van der Waals surface area (Å²) in [6.07, 6.45) is 6.02. The third-order valence-corrected chi connectivity index (χ3v) is 7.63. The highest BCUT2D eigenvalue weighted by Gasteiger charge is 2.27. The third-order valence-electron chi connectivity index (χ3n) is 7.63. The summed E-state index contributed by atoms with van der Waals surface area (Å²) in [7, 11) is 0. The molecule has 0 bridgehead atoms. The summed E-state index contributed by atoms with van der Waals surface area (Å²) in [5, 5.41) is 7.30. The van der Waals surface area contributed by atoms with Gasteiger partial charge in [-0.15, -0.1) is 0 Å². The number of halogens is 1. The number of carbonyl (C=O) groups excluding carboxylic acids is 1. The first-order valence-electron chi connectivity index (χ1n) is 13.0. The molecule has 35 heavy (non-hydrogen) atoms. The van der Waals surface area contributed by atoms with Crippen LogP contribution in [0.2, 0.25) is 0 Å². The van der Waals surface area contributed by atoms with Crippen LogP contribution in [0, 0.1) is 11.7 Å². The van der Waals surface area contributed by atoms with Gasteiger partial charge in [0.1, 0.15) is 5.82 Å². The van der Waals surface area contributed by atoms with Crippen LogP contribution in [0.15, 0.2) is 48.5 Å². The number of amides is 1. The molecule has 1 aliphatic carbocycles. The summed E-state index contributed by atoms with van der Waals surface area (Å²) >= 11 is 0. The van der Waals surface area contributed by atoms with Crippen LogP contribution in [-0.2, 0) is 6.54 Å². The van der Waals surface area contributed by atoms with Gasteiger partial charge in [-0.05, 0) is 43.9 Å². The van der Waals surface area contributed by atoms with Crippen molar-refractivity contribution in [3.8, 4) is 11.3 Å². The van der Waals surface area contributed by atoms with Crippen molar-refractivity contribution in [3.63, 3.8) is 0 Å². The van der Waals surface area contributed by atoms with Gasteiger partial charge < -0.3 is 10.6 Å². The molecule has 2 aliphatic rings. The highest BCUT2D eigenvalue weighted by Crippen LogP contribution is 2.33. The Hall–Kier alpha value is -2.83. The van der Waals surface area contributed by atoms with E-state index in [0.29, 0.717) is 28.9 Å². The zero-order chi connectivity index (χ0) is 24.2. The minimum Gasteiger partial charge on any atom is -0.349 e. The molecule has 0 radical (unpaired) electrons. The van der Waals surface area contributed by atoms with E-state index in [2.05, 4.69) is 22.5 Å². The molecular formula is C29H35FN4O. The Morgan fingerprint density at radius 3 is 2.60 bits per heavy atom. The third kappa shape index (κ3) is 5.39. The van der Waals surface area contributed by atoms with Crippen LogP contribution in [0.5, 0.6) is 0 Å². The van der Waals surface area contributed by atoms with Crippen LogP contribution in [0.1, 0.15) is 54.9 Å². The van der Waals surface area contributed by atoms with Crippen LogP contribution >= 0.6 is 0 Å².